The number of fused-ring (bicyclic) bond motifs is 1. The Bertz CT molecular complexity index is 2450. The van der Waals surface area contributed by atoms with Gasteiger partial charge in [0, 0.05) is 17.1 Å². The van der Waals surface area contributed by atoms with Gasteiger partial charge in [0.2, 0.25) is 0 Å². The zero-order valence-electron chi connectivity index (χ0n) is 29.7. The second-order valence-corrected chi connectivity index (χ2v) is 13.6. The smallest absolute Gasteiger partial charge is 0.0462 e. The molecular formula is C50H41N. The summed E-state index contributed by atoms with van der Waals surface area (Å²) in [5.41, 5.74) is 18.6. The molecule has 1 heteroatoms. The summed E-state index contributed by atoms with van der Waals surface area (Å²) in [4.78, 5) is 2.30. The van der Waals surface area contributed by atoms with Crippen molar-refractivity contribution in [3.05, 3.63) is 198 Å². The molecule has 8 rings (SSSR count). The van der Waals surface area contributed by atoms with E-state index in [1.165, 1.54) is 77.5 Å². The second-order valence-electron chi connectivity index (χ2n) is 13.6. The number of para-hydroxylation sites is 2. The molecule has 0 aliphatic heterocycles. The minimum Gasteiger partial charge on any atom is -0.311 e. The number of hydrogen-bond acceptors (Lipinski definition) is 1. The van der Waals surface area contributed by atoms with Crippen molar-refractivity contribution in [3.63, 3.8) is 0 Å². The third-order valence-corrected chi connectivity index (χ3v) is 10.2. The second kappa shape index (κ2) is 13.6. The van der Waals surface area contributed by atoms with Gasteiger partial charge >= 0.3 is 0 Å². The van der Waals surface area contributed by atoms with Crippen molar-refractivity contribution < 1.29 is 0 Å². The van der Waals surface area contributed by atoms with E-state index in [4.69, 9.17) is 0 Å². The fourth-order valence-corrected chi connectivity index (χ4v) is 7.47. The first-order valence-electron chi connectivity index (χ1n) is 17.8. The zero-order valence-corrected chi connectivity index (χ0v) is 29.7. The Morgan fingerprint density at radius 1 is 0.314 bits per heavy atom. The Labute approximate surface area is 302 Å². The molecule has 0 radical (unpaired) electrons. The molecular weight excluding hydrogens is 615 g/mol. The standard InChI is InChI=1S/C50H41N/c1-34-14-11-12-21-46(34)47-33-49-42(30-37(47)4)25-23-36(3)50(49)48-32-41(24-22-35(48)2)40-16-13-15-39(31-40)38-26-28-45(29-27-38)51(43-17-7-5-8-18-43)44-19-9-6-10-20-44/h5-33H,1-4H3. The Balaban J connectivity index is 1.17. The van der Waals surface area contributed by atoms with Crippen molar-refractivity contribution in [3.8, 4) is 44.5 Å². The van der Waals surface area contributed by atoms with Crippen LogP contribution in [0.5, 0.6) is 0 Å². The van der Waals surface area contributed by atoms with Gasteiger partial charge in [-0.3, -0.25) is 0 Å². The van der Waals surface area contributed by atoms with E-state index in [0.717, 1.165) is 17.1 Å². The Morgan fingerprint density at radius 3 is 1.55 bits per heavy atom. The number of benzene rings is 8. The van der Waals surface area contributed by atoms with Crippen LogP contribution in [0.4, 0.5) is 17.1 Å². The number of nitrogens with zero attached hydrogens (tertiary/aromatic N) is 1. The third kappa shape index (κ3) is 6.24. The lowest BCUT2D eigenvalue weighted by molar-refractivity contribution is 1.28. The molecule has 0 N–H and O–H groups in total. The lowest BCUT2D eigenvalue weighted by atomic mass is 9.86. The van der Waals surface area contributed by atoms with Crippen molar-refractivity contribution in [2.75, 3.05) is 4.90 Å². The molecule has 0 aliphatic rings. The van der Waals surface area contributed by atoms with E-state index in [2.05, 4.69) is 209 Å². The molecule has 0 heterocycles. The van der Waals surface area contributed by atoms with E-state index >= 15 is 0 Å². The molecule has 0 fully saturated rings. The molecule has 0 bridgehead atoms. The molecule has 0 aromatic heterocycles. The molecule has 0 unspecified atom stereocenters. The van der Waals surface area contributed by atoms with E-state index in [0.29, 0.717) is 0 Å². The summed E-state index contributed by atoms with van der Waals surface area (Å²) in [6.45, 7) is 8.92. The van der Waals surface area contributed by atoms with Crippen LogP contribution in [0.25, 0.3) is 55.3 Å². The van der Waals surface area contributed by atoms with E-state index in [1.54, 1.807) is 0 Å². The van der Waals surface area contributed by atoms with E-state index < -0.39 is 0 Å². The first kappa shape index (κ1) is 32.0. The van der Waals surface area contributed by atoms with Crippen LogP contribution >= 0.6 is 0 Å². The molecule has 246 valence electrons. The van der Waals surface area contributed by atoms with E-state index in [-0.39, 0.29) is 0 Å². The van der Waals surface area contributed by atoms with Crippen LogP contribution in [-0.4, -0.2) is 0 Å². The normalized spacial score (nSPS) is 11.1. The van der Waals surface area contributed by atoms with Gasteiger partial charge in [-0.05, 0) is 160 Å². The molecule has 0 saturated heterocycles. The number of aryl methyl sites for hydroxylation is 4. The van der Waals surface area contributed by atoms with Gasteiger partial charge in [0.1, 0.15) is 0 Å². The molecule has 0 amide bonds. The molecule has 0 spiro atoms. The maximum Gasteiger partial charge on any atom is 0.0462 e. The molecule has 0 aliphatic carbocycles. The molecule has 8 aromatic carbocycles. The minimum absolute atomic E-state index is 1.13. The first-order valence-corrected chi connectivity index (χ1v) is 17.8. The third-order valence-electron chi connectivity index (χ3n) is 10.2. The fraction of sp³-hybridized carbons (Fsp3) is 0.0800. The van der Waals surface area contributed by atoms with E-state index in [9.17, 15) is 0 Å². The maximum atomic E-state index is 2.42. The Morgan fingerprint density at radius 2 is 0.863 bits per heavy atom. The summed E-state index contributed by atoms with van der Waals surface area (Å²) in [5.74, 6) is 0. The van der Waals surface area contributed by atoms with Crippen molar-refractivity contribution in [2.45, 2.75) is 27.7 Å². The van der Waals surface area contributed by atoms with Crippen molar-refractivity contribution in [1.29, 1.82) is 0 Å². The summed E-state index contributed by atoms with van der Waals surface area (Å²) in [5, 5.41) is 2.58. The molecule has 51 heavy (non-hydrogen) atoms. The predicted molar refractivity (Wildman–Crippen MR) is 219 cm³/mol. The van der Waals surface area contributed by atoms with Gasteiger partial charge in [-0.25, -0.2) is 0 Å². The number of anilines is 3. The van der Waals surface area contributed by atoms with Gasteiger partial charge in [0.25, 0.3) is 0 Å². The first-order chi connectivity index (χ1) is 24.9. The monoisotopic (exact) mass is 655 g/mol. The van der Waals surface area contributed by atoms with Crippen molar-refractivity contribution in [1.82, 2.24) is 0 Å². The van der Waals surface area contributed by atoms with Gasteiger partial charge in [0.05, 0.1) is 0 Å². The molecule has 0 saturated carbocycles. The van der Waals surface area contributed by atoms with Gasteiger partial charge < -0.3 is 4.90 Å². The summed E-state index contributed by atoms with van der Waals surface area (Å²) in [6, 6.07) is 64.0. The quantitative estimate of drug-likeness (QED) is 0.165. The predicted octanol–water partition coefficient (Wildman–Crippen LogP) is 14.2. The zero-order chi connectivity index (χ0) is 34.9. The van der Waals surface area contributed by atoms with Crippen LogP contribution in [0.2, 0.25) is 0 Å². The Kier molecular flexibility index (Phi) is 8.56. The molecule has 8 aromatic rings. The fourth-order valence-electron chi connectivity index (χ4n) is 7.47. The highest BCUT2D eigenvalue weighted by atomic mass is 15.1. The van der Waals surface area contributed by atoms with Crippen LogP contribution in [0, 0.1) is 27.7 Å². The number of rotatable bonds is 7. The largest absolute Gasteiger partial charge is 0.311 e. The van der Waals surface area contributed by atoms with Gasteiger partial charge in [0.15, 0.2) is 0 Å². The minimum atomic E-state index is 1.13. The topological polar surface area (TPSA) is 3.24 Å². The molecule has 1 nitrogen and oxygen atoms in total. The van der Waals surface area contributed by atoms with Gasteiger partial charge in [-0.2, -0.15) is 0 Å². The van der Waals surface area contributed by atoms with Crippen LogP contribution in [0.3, 0.4) is 0 Å². The van der Waals surface area contributed by atoms with Crippen LogP contribution in [0.15, 0.2) is 176 Å². The maximum absolute atomic E-state index is 2.42. The highest BCUT2D eigenvalue weighted by Gasteiger charge is 2.16. The summed E-state index contributed by atoms with van der Waals surface area (Å²) < 4.78 is 0. The van der Waals surface area contributed by atoms with Crippen molar-refractivity contribution in [2.24, 2.45) is 0 Å². The summed E-state index contributed by atoms with van der Waals surface area (Å²) in [6.07, 6.45) is 0. The van der Waals surface area contributed by atoms with Crippen LogP contribution in [0.1, 0.15) is 22.3 Å². The van der Waals surface area contributed by atoms with Crippen LogP contribution in [-0.2, 0) is 0 Å². The lowest BCUT2D eigenvalue weighted by Crippen LogP contribution is -2.09. The van der Waals surface area contributed by atoms with E-state index in [1.807, 2.05) is 0 Å². The average molecular weight is 656 g/mol. The van der Waals surface area contributed by atoms with Gasteiger partial charge in [-0.1, -0.05) is 121 Å². The highest BCUT2D eigenvalue weighted by Crippen LogP contribution is 2.41. The van der Waals surface area contributed by atoms with Crippen LogP contribution < -0.4 is 4.90 Å². The summed E-state index contributed by atoms with van der Waals surface area (Å²) in [7, 11) is 0. The van der Waals surface area contributed by atoms with Gasteiger partial charge in [-0.15, -0.1) is 0 Å². The Hall–Kier alpha value is -6.18. The summed E-state index contributed by atoms with van der Waals surface area (Å²) >= 11 is 0. The number of hydrogen-bond donors (Lipinski definition) is 0. The lowest BCUT2D eigenvalue weighted by Gasteiger charge is -2.25. The highest BCUT2D eigenvalue weighted by molar-refractivity contribution is 6.02. The molecule has 0 atom stereocenters. The SMILES string of the molecule is Cc1ccccc1-c1cc2c(-c3cc(-c4cccc(-c5ccc(N(c6ccccc6)c6ccccc6)cc5)c4)ccc3C)c(C)ccc2cc1C. The van der Waals surface area contributed by atoms with Crippen molar-refractivity contribution >= 4 is 27.8 Å². The average Bonchev–Trinajstić information content (AvgIpc) is 3.17.